The van der Waals surface area contributed by atoms with E-state index in [2.05, 4.69) is 15.5 Å². The van der Waals surface area contributed by atoms with E-state index in [9.17, 15) is 4.79 Å². The maximum atomic E-state index is 12.3. The maximum Gasteiger partial charge on any atom is 0.255 e. The van der Waals surface area contributed by atoms with Crippen molar-refractivity contribution in [3.05, 3.63) is 34.9 Å². The van der Waals surface area contributed by atoms with Crippen molar-refractivity contribution in [2.24, 2.45) is 7.05 Å². The lowest BCUT2D eigenvalue weighted by atomic mass is 10.1. The van der Waals surface area contributed by atoms with Gasteiger partial charge in [0.2, 0.25) is 0 Å². The number of rotatable bonds is 4. The van der Waals surface area contributed by atoms with E-state index >= 15 is 0 Å². The molecule has 2 aromatic rings. The lowest BCUT2D eigenvalue weighted by molar-refractivity contribution is 0.0939. The molecule has 1 atom stereocenters. The van der Waals surface area contributed by atoms with Crippen molar-refractivity contribution >= 4 is 5.91 Å². The van der Waals surface area contributed by atoms with E-state index in [0.717, 1.165) is 23.5 Å². The number of hydrogen-bond donors (Lipinski definition) is 1. The lowest BCUT2D eigenvalue weighted by Crippen LogP contribution is -2.27. The second kappa shape index (κ2) is 5.48. The van der Waals surface area contributed by atoms with Gasteiger partial charge < -0.3 is 5.32 Å². The molecule has 6 heteroatoms. The van der Waals surface area contributed by atoms with Crippen molar-refractivity contribution in [2.75, 3.05) is 0 Å². The van der Waals surface area contributed by atoms with Gasteiger partial charge in [-0.2, -0.15) is 10.2 Å². The first-order valence-corrected chi connectivity index (χ1v) is 6.77. The summed E-state index contributed by atoms with van der Waals surface area (Å²) in [4.78, 5) is 12.3. The average molecular weight is 275 g/mol. The minimum atomic E-state index is -0.105. The molecule has 1 unspecified atom stereocenters. The molecule has 20 heavy (non-hydrogen) atoms. The molecule has 2 rings (SSSR count). The molecule has 0 radical (unpaired) electrons. The first-order chi connectivity index (χ1) is 9.45. The van der Waals surface area contributed by atoms with Crippen molar-refractivity contribution in [1.29, 1.82) is 0 Å². The number of carbonyl (C=O) groups excluding carboxylic acids is 1. The molecular weight excluding hydrogens is 254 g/mol. The first kappa shape index (κ1) is 14.3. The van der Waals surface area contributed by atoms with Gasteiger partial charge in [-0.1, -0.05) is 0 Å². The van der Waals surface area contributed by atoms with Crippen LogP contribution in [0.15, 0.2) is 12.4 Å². The summed E-state index contributed by atoms with van der Waals surface area (Å²) in [6.07, 6.45) is 3.42. The van der Waals surface area contributed by atoms with Gasteiger partial charge in [-0.3, -0.25) is 14.2 Å². The number of nitrogens with zero attached hydrogens (tertiary/aromatic N) is 4. The Labute approximate surface area is 118 Å². The van der Waals surface area contributed by atoms with Gasteiger partial charge in [-0.15, -0.1) is 0 Å². The van der Waals surface area contributed by atoms with Gasteiger partial charge in [0.25, 0.3) is 5.91 Å². The van der Waals surface area contributed by atoms with Crippen molar-refractivity contribution < 1.29 is 4.79 Å². The fourth-order valence-corrected chi connectivity index (χ4v) is 2.28. The Morgan fingerprint density at radius 1 is 1.30 bits per heavy atom. The normalized spacial score (nSPS) is 12.4. The summed E-state index contributed by atoms with van der Waals surface area (Å²) in [5.74, 6) is -0.105. The van der Waals surface area contributed by atoms with Crippen LogP contribution in [0.2, 0.25) is 0 Å². The van der Waals surface area contributed by atoms with Crippen LogP contribution < -0.4 is 5.32 Å². The molecule has 0 saturated heterocycles. The summed E-state index contributed by atoms with van der Waals surface area (Å²) in [6, 6.07) is -0.0811. The van der Waals surface area contributed by atoms with Crippen LogP contribution in [0.25, 0.3) is 0 Å². The smallest absolute Gasteiger partial charge is 0.255 e. The fourth-order valence-electron chi connectivity index (χ4n) is 2.28. The Balaban J connectivity index is 2.15. The van der Waals surface area contributed by atoms with E-state index in [0.29, 0.717) is 5.56 Å². The van der Waals surface area contributed by atoms with Gasteiger partial charge in [0.1, 0.15) is 0 Å². The Morgan fingerprint density at radius 3 is 2.50 bits per heavy atom. The highest BCUT2D eigenvalue weighted by Crippen LogP contribution is 2.17. The van der Waals surface area contributed by atoms with Crippen LogP contribution in [0.3, 0.4) is 0 Å². The van der Waals surface area contributed by atoms with Crippen molar-refractivity contribution in [1.82, 2.24) is 24.9 Å². The molecule has 0 aliphatic heterocycles. The van der Waals surface area contributed by atoms with E-state index in [1.807, 2.05) is 45.6 Å². The van der Waals surface area contributed by atoms with Gasteiger partial charge in [0.05, 0.1) is 24.0 Å². The third-order valence-corrected chi connectivity index (χ3v) is 3.73. The van der Waals surface area contributed by atoms with Gasteiger partial charge in [-0.25, -0.2) is 0 Å². The molecule has 0 saturated carbocycles. The van der Waals surface area contributed by atoms with Crippen LogP contribution in [0.5, 0.6) is 0 Å². The summed E-state index contributed by atoms with van der Waals surface area (Å²) in [5.41, 5.74) is 3.60. The molecule has 1 amide bonds. The molecule has 2 heterocycles. The Bertz CT molecular complexity index is 626. The quantitative estimate of drug-likeness (QED) is 0.924. The van der Waals surface area contributed by atoms with Crippen LogP contribution in [-0.2, 0) is 13.6 Å². The van der Waals surface area contributed by atoms with E-state index in [4.69, 9.17) is 0 Å². The van der Waals surface area contributed by atoms with Gasteiger partial charge in [0.15, 0.2) is 0 Å². The van der Waals surface area contributed by atoms with E-state index < -0.39 is 0 Å². The highest BCUT2D eigenvalue weighted by atomic mass is 16.1. The molecule has 0 spiro atoms. The topological polar surface area (TPSA) is 64.7 Å². The second-order valence-electron chi connectivity index (χ2n) is 4.96. The van der Waals surface area contributed by atoms with Crippen LogP contribution in [0.4, 0.5) is 0 Å². The number of hydrogen-bond acceptors (Lipinski definition) is 3. The van der Waals surface area contributed by atoms with Gasteiger partial charge in [-0.05, 0) is 27.7 Å². The van der Waals surface area contributed by atoms with Crippen LogP contribution >= 0.6 is 0 Å². The van der Waals surface area contributed by atoms with Crippen molar-refractivity contribution in [3.63, 3.8) is 0 Å². The predicted octanol–water partition coefficient (Wildman–Crippen LogP) is 1.74. The standard InChI is InChI=1S/C14H21N5O/c1-6-19-11(4)12(7-16-19)9(2)17-14(20)13-8-15-18(5)10(13)3/h7-9H,6H2,1-5H3,(H,17,20). The molecule has 108 valence electrons. The minimum Gasteiger partial charge on any atom is -0.345 e. The first-order valence-electron chi connectivity index (χ1n) is 6.77. The maximum absolute atomic E-state index is 12.3. The third kappa shape index (κ3) is 2.45. The average Bonchev–Trinajstić information content (AvgIpc) is 2.94. The summed E-state index contributed by atoms with van der Waals surface area (Å²) in [6.45, 7) is 8.74. The summed E-state index contributed by atoms with van der Waals surface area (Å²) >= 11 is 0. The number of nitrogens with one attached hydrogen (secondary N) is 1. The monoisotopic (exact) mass is 275 g/mol. The number of aromatic nitrogens is 4. The number of carbonyl (C=O) groups is 1. The SMILES string of the molecule is CCn1ncc(C(C)NC(=O)c2cnn(C)c2C)c1C. The van der Waals surface area contributed by atoms with Crippen molar-refractivity contribution in [2.45, 2.75) is 40.3 Å². The molecule has 0 aromatic carbocycles. The largest absolute Gasteiger partial charge is 0.345 e. The lowest BCUT2D eigenvalue weighted by Gasteiger charge is -2.13. The molecule has 0 aliphatic carbocycles. The Hall–Kier alpha value is -2.11. The summed E-state index contributed by atoms with van der Waals surface area (Å²) in [7, 11) is 1.82. The molecule has 2 aromatic heterocycles. The predicted molar refractivity (Wildman–Crippen MR) is 76.5 cm³/mol. The highest BCUT2D eigenvalue weighted by molar-refractivity contribution is 5.95. The second-order valence-corrected chi connectivity index (χ2v) is 4.96. The fraction of sp³-hybridized carbons (Fsp3) is 0.500. The number of aryl methyl sites for hydroxylation is 2. The number of amides is 1. The van der Waals surface area contributed by atoms with Crippen LogP contribution in [0.1, 0.15) is 47.2 Å². The molecular formula is C14H21N5O. The van der Waals surface area contributed by atoms with Crippen LogP contribution in [-0.4, -0.2) is 25.5 Å². The highest BCUT2D eigenvalue weighted by Gasteiger charge is 2.18. The molecule has 1 N–H and O–H groups in total. The van der Waals surface area contributed by atoms with Crippen LogP contribution in [0, 0.1) is 13.8 Å². The van der Waals surface area contributed by atoms with E-state index in [1.54, 1.807) is 10.9 Å². The third-order valence-electron chi connectivity index (χ3n) is 3.73. The zero-order valence-electron chi connectivity index (χ0n) is 12.6. The van der Waals surface area contributed by atoms with Gasteiger partial charge in [0, 0.05) is 30.5 Å². The Morgan fingerprint density at radius 2 is 2.00 bits per heavy atom. The molecule has 0 bridgehead atoms. The molecule has 6 nitrogen and oxygen atoms in total. The molecule has 0 aliphatic rings. The van der Waals surface area contributed by atoms with Gasteiger partial charge >= 0.3 is 0 Å². The minimum absolute atomic E-state index is 0.0811. The van der Waals surface area contributed by atoms with Crippen molar-refractivity contribution in [3.8, 4) is 0 Å². The van der Waals surface area contributed by atoms with E-state index in [-0.39, 0.29) is 11.9 Å². The summed E-state index contributed by atoms with van der Waals surface area (Å²) < 4.78 is 3.62. The molecule has 0 fully saturated rings. The summed E-state index contributed by atoms with van der Waals surface area (Å²) in [5, 5.41) is 11.4. The zero-order valence-corrected chi connectivity index (χ0v) is 12.6. The Kier molecular flexibility index (Phi) is 3.92. The zero-order chi connectivity index (χ0) is 14.9. The van der Waals surface area contributed by atoms with E-state index in [1.165, 1.54) is 0 Å².